The van der Waals surface area contributed by atoms with Crippen molar-refractivity contribution < 1.29 is 9.53 Å². The highest BCUT2D eigenvalue weighted by Crippen LogP contribution is 2.41. The maximum absolute atomic E-state index is 11.8. The van der Waals surface area contributed by atoms with E-state index in [1.165, 1.54) is 12.8 Å². The molecule has 0 amide bonds. The number of nitrogens with zero attached hydrogens (tertiary/aromatic N) is 3. The van der Waals surface area contributed by atoms with Gasteiger partial charge in [-0.2, -0.15) is 0 Å². The normalized spacial score (nSPS) is 14.8. The molecule has 0 N–H and O–H groups in total. The molecule has 1 aliphatic carbocycles. The van der Waals surface area contributed by atoms with Crippen LogP contribution in [0.4, 0.5) is 0 Å². The third-order valence-electron chi connectivity index (χ3n) is 3.18. The second kappa shape index (κ2) is 5.98. The minimum absolute atomic E-state index is 0.332. The molecular weight excluding hydrogens is 230 g/mol. The molecule has 1 aromatic rings. The lowest BCUT2D eigenvalue weighted by Crippen LogP contribution is -2.10. The van der Waals surface area contributed by atoms with Crippen molar-refractivity contribution in [3.63, 3.8) is 0 Å². The maximum atomic E-state index is 11.8. The van der Waals surface area contributed by atoms with Gasteiger partial charge in [0, 0.05) is 12.5 Å². The number of hydrogen-bond donors (Lipinski definition) is 0. The highest BCUT2D eigenvalue weighted by atomic mass is 16.5. The summed E-state index contributed by atoms with van der Waals surface area (Å²) in [6, 6.07) is 0. The second-order valence-electron chi connectivity index (χ2n) is 4.75. The minimum Gasteiger partial charge on any atom is -0.461 e. The lowest BCUT2D eigenvalue weighted by Gasteiger charge is -2.06. The monoisotopic (exact) mass is 251 g/mol. The molecule has 0 unspecified atom stereocenters. The Labute approximate surface area is 108 Å². The first-order valence-electron chi connectivity index (χ1n) is 6.88. The Hall–Kier alpha value is -1.39. The summed E-state index contributed by atoms with van der Waals surface area (Å²) in [5, 5.41) is 8.13. The summed E-state index contributed by atoms with van der Waals surface area (Å²) in [5.41, 5.74) is 1.42. The van der Waals surface area contributed by atoms with Crippen molar-refractivity contribution in [2.24, 2.45) is 0 Å². The van der Waals surface area contributed by atoms with Crippen molar-refractivity contribution in [3.8, 4) is 0 Å². The summed E-state index contributed by atoms with van der Waals surface area (Å²) in [5.74, 6) is 0.127. The van der Waals surface area contributed by atoms with Crippen LogP contribution < -0.4 is 0 Å². The molecule has 0 bridgehead atoms. The summed E-state index contributed by atoms with van der Waals surface area (Å²) in [6.07, 6.45) is 5.71. The van der Waals surface area contributed by atoms with Crippen LogP contribution in [0.25, 0.3) is 0 Å². The van der Waals surface area contributed by atoms with E-state index in [1.54, 1.807) is 6.92 Å². The summed E-state index contributed by atoms with van der Waals surface area (Å²) in [7, 11) is 0. The third-order valence-corrected chi connectivity index (χ3v) is 3.18. The number of carbonyl (C=O) groups is 1. The highest BCUT2D eigenvalue weighted by Gasteiger charge is 2.34. The zero-order valence-corrected chi connectivity index (χ0v) is 11.2. The van der Waals surface area contributed by atoms with Gasteiger partial charge in [-0.15, -0.1) is 5.10 Å². The van der Waals surface area contributed by atoms with Gasteiger partial charge in [-0.3, -0.25) is 0 Å². The fourth-order valence-corrected chi connectivity index (χ4v) is 2.10. The van der Waals surface area contributed by atoms with Gasteiger partial charge < -0.3 is 4.74 Å². The SMILES string of the molecule is CCCCCn1nnc(C(=O)OCC)c1C1CC1. The van der Waals surface area contributed by atoms with Crippen molar-refractivity contribution in [1.29, 1.82) is 0 Å². The van der Waals surface area contributed by atoms with Crippen LogP contribution in [-0.2, 0) is 11.3 Å². The molecule has 5 heteroatoms. The van der Waals surface area contributed by atoms with Crippen molar-refractivity contribution in [3.05, 3.63) is 11.4 Å². The number of aromatic nitrogens is 3. The zero-order valence-electron chi connectivity index (χ0n) is 11.2. The van der Waals surface area contributed by atoms with E-state index in [2.05, 4.69) is 17.2 Å². The fourth-order valence-electron chi connectivity index (χ4n) is 2.10. The summed E-state index contributed by atoms with van der Waals surface area (Å²) < 4.78 is 6.93. The van der Waals surface area contributed by atoms with Gasteiger partial charge >= 0.3 is 5.97 Å². The van der Waals surface area contributed by atoms with E-state index in [9.17, 15) is 4.79 Å². The molecule has 18 heavy (non-hydrogen) atoms. The number of unbranched alkanes of at least 4 members (excludes halogenated alkanes) is 2. The van der Waals surface area contributed by atoms with Crippen LogP contribution in [0.3, 0.4) is 0 Å². The molecule has 1 fully saturated rings. The van der Waals surface area contributed by atoms with E-state index in [-0.39, 0.29) is 5.97 Å². The predicted octanol–water partition coefficient (Wildman–Crippen LogP) is 2.52. The van der Waals surface area contributed by atoms with E-state index < -0.39 is 0 Å². The molecule has 1 saturated carbocycles. The molecule has 100 valence electrons. The first-order chi connectivity index (χ1) is 8.77. The number of aryl methyl sites for hydroxylation is 1. The van der Waals surface area contributed by atoms with E-state index in [1.807, 2.05) is 4.68 Å². The Morgan fingerprint density at radius 3 is 2.78 bits per heavy atom. The topological polar surface area (TPSA) is 57.0 Å². The van der Waals surface area contributed by atoms with Crippen molar-refractivity contribution >= 4 is 5.97 Å². The minimum atomic E-state index is -0.332. The van der Waals surface area contributed by atoms with Crippen LogP contribution in [0.2, 0.25) is 0 Å². The maximum Gasteiger partial charge on any atom is 0.360 e. The van der Waals surface area contributed by atoms with E-state index in [0.29, 0.717) is 18.2 Å². The summed E-state index contributed by atoms with van der Waals surface area (Å²) in [6.45, 7) is 5.21. The quantitative estimate of drug-likeness (QED) is 0.552. The smallest absolute Gasteiger partial charge is 0.360 e. The number of esters is 1. The van der Waals surface area contributed by atoms with Crippen LogP contribution in [0.1, 0.15) is 68.1 Å². The Kier molecular flexibility index (Phi) is 4.33. The average molecular weight is 251 g/mol. The lowest BCUT2D eigenvalue weighted by molar-refractivity contribution is 0.0518. The Bertz CT molecular complexity index is 410. The molecule has 2 rings (SSSR count). The van der Waals surface area contributed by atoms with Gasteiger partial charge in [0.2, 0.25) is 0 Å². The molecular formula is C13H21N3O2. The zero-order chi connectivity index (χ0) is 13.0. The van der Waals surface area contributed by atoms with Gasteiger partial charge in [0.05, 0.1) is 12.3 Å². The molecule has 1 aromatic heterocycles. The van der Waals surface area contributed by atoms with Crippen molar-refractivity contribution in [2.45, 2.75) is 58.4 Å². The van der Waals surface area contributed by atoms with Crippen LogP contribution in [0.15, 0.2) is 0 Å². The molecule has 0 radical (unpaired) electrons. The summed E-state index contributed by atoms with van der Waals surface area (Å²) >= 11 is 0. The van der Waals surface area contributed by atoms with Crippen molar-refractivity contribution in [2.75, 3.05) is 6.61 Å². The van der Waals surface area contributed by atoms with Gasteiger partial charge in [0.1, 0.15) is 0 Å². The largest absolute Gasteiger partial charge is 0.461 e. The number of rotatable bonds is 7. The van der Waals surface area contributed by atoms with Gasteiger partial charge in [-0.05, 0) is 26.2 Å². The Morgan fingerprint density at radius 1 is 1.39 bits per heavy atom. The van der Waals surface area contributed by atoms with Crippen LogP contribution in [-0.4, -0.2) is 27.6 Å². The molecule has 0 atom stereocenters. The Morgan fingerprint density at radius 2 is 2.17 bits per heavy atom. The van der Waals surface area contributed by atoms with Gasteiger partial charge in [0.15, 0.2) is 5.69 Å². The summed E-state index contributed by atoms with van der Waals surface area (Å²) in [4.78, 5) is 11.8. The molecule has 0 aromatic carbocycles. The van der Waals surface area contributed by atoms with E-state index in [0.717, 1.165) is 31.5 Å². The molecule has 0 aliphatic heterocycles. The third kappa shape index (κ3) is 2.89. The van der Waals surface area contributed by atoms with Crippen LogP contribution >= 0.6 is 0 Å². The van der Waals surface area contributed by atoms with Crippen LogP contribution in [0, 0.1) is 0 Å². The van der Waals surface area contributed by atoms with E-state index >= 15 is 0 Å². The van der Waals surface area contributed by atoms with E-state index in [4.69, 9.17) is 4.74 Å². The lowest BCUT2D eigenvalue weighted by atomic mass is 10.2. The number of carbonyl (C=O) groups excluding carboxylic acids is 1. The molecule has 1 aliphatic rings. The fraction of sp³-hybridized carbons (Fsp3) is 0.769. The van der Waals surface area contributed by atoms with Gasteiger partial charge in [-0.1, -0.05) is 25.0 Å². The molecule has 1 heterocycles. The average Bonchev–Trinajstić information content (AvgIpc) is 3.11. The predicted molar refractivity (Wildman–Crippen MR) is 67.5 cm³/mol. The van der Waals surface area contributed by atoms with Gasteiger partial charge in [0.25, 0.3) is 0 Å². The number of ether oxygens (including phenoxy) is 1. The first-order valence-corrected chi connectivity index (χ1v) is 6.88. The molecule has 5 nitrogen and oxygen atoms in total. The standard InChI is InChI=1S/C13H21N3O2/c1-3-5-6-9-16-12(10-7-8-10)11(14-15-16)13(17)18-4-2/h10H,3-9H2,1-2H3. The first kappa shape index (κ1) is 13.1. The molecule has 0 saturated heterocycles. The number of hydrogen-bond acceptors (Lipinski definition) is 4. The van der Waals surface area contributed by atoms with Crippen LogP contribution in [0.5, 0.6) is 0 Å². The van der Waals surface area contributed by atoms with Crippen molar-refractivity contribution in [1.82, 2.24) is 15.0 Å². The second-order valence-corrected chi connectivity index (χ2v) is 4.75. The Balaban J connectivity index is 2.12. The molecule has 0 spiro atoms. The van der Waals surface area contributed by atoms with Gasteiger partial charge in [-0.25, -0.2) is 9.48 Å². The highest BCUT2D eigenvalue weighted by molar-refractivity contribution is 5.88.